The molecule has 2 aromatic rings. The van der Waals surface area contributed by atoms with Gasteiger partial charge in [-0.05, 0) is 24.8 Å². The van der Waals surface area contributed by atoms with Gasteiger partial charge in [0.05, 0.1) is 10.4 Å². The van der Waals surface area contributed by atoms with Crippen LogP contribution in [0.3, 0.4) is 0 Å². The first-order chi connectivity index (χ1) is 10.2. The number of hydrogen-bond donors (Lipinski definition) is 1. The number of amides is 1. The van der Waals surface area contributed by atoms with E-state index in [2.05, 4.69) is 4.98 Å². The summed E-state index contributed by atoms with van der Waals surface area (Å²) in [5, 5.41) is 0.935. The van der Waals surface area contributed by atoms with Crippen LogP contribution in [0.5, 0.6) is 0 Å². The number of pyridine rings is 1. The molecule has 2 aromatic heterocycles. The molecule has 0 aliphatic heterocycles. The summed E-state index contributed by atoms with van der Waals surface area (Å²) in [7, 11) is 1.89. The van der Waals surface area contributed by atoms with Crippen LogP contribution in [0.1, 0.15) is 41.8 Å². The maximum absolute atomic E-state index is 12.6. The van der Waals surface area contributed by atoms with Crippen LogP contribution in [0.2, 0.25) is 0 Å². The summed E-state index contributed by atoms with van der Waals surface area (Å²) in [6.07, 6.45) is 9.89. The van der Waals surface area contributed by atoms with Gasteiger partial charge in [-0.25, -0.2) is 0 Å². The number of rotatable bonds is 3. The van der Waals surface area contributed by atoms with Crippen LogP contribution in [-0.4, -0.2) is 29.4 Å². The second-order valence-electron chi connectivity index (χ2n) is 5.91. The highest BCUT2D eigenvalue weighted by Crippen LogP contribution is 2.34. The van der Waals surface area contributed by atoms with Crippen molar-refractivity contribution >= 4 is 33.0 Å². The third-order valence-corrected chi connectivity index (χ3v) is 5.47. The molecule has 4 nitrogen and oxygen atoms in total. The largest absolute Gasteiger partial charge is 0.397 e. The zero-order valence-corrected chi connectivity index (χ0v) is 13.2. The lowest BCUT2D eigenvalue weighted by Gasteiger charge is -2.26. The van der Waals surface area contributed by atoms with Crippen molar-refractivity contribution in [3.8, 4) is 0 Å². The highest BCUT2D eigenvalue weighted by molar-refractivity contribution is 7.21. The van der Waals surface area contributed by atoms with Gasteiger partial charge in [-0.15, -0.1) is 11.3 Å². The van der Waals surface area contributed by atoms with Crippen molar-refractivity contribution in [2.24, 2.45) is 5.92 Å². The van der Waals surface area contributed by atoms with Crippen molar-refractivity contribution in [3.63, 3.8) is 0 Å². The molecule has 1 aliphatic carbocycles. The molecule has 0 atom stereocenters. The van der Waals surface area contributed by atoms with Gasteiger partial charge >= 0.3 is 0 Å². The monoisotopic (exact) mass is 303 g/mol. The molecular formula is C16H21N3OS. The van der Waals surface area contributed by atoms with Gasteiger partial charge in [-0.3, -0.25) is 9.78 Å². The van der Waals surface area contributed by atoms with E-state index in [0.29, 0.717) is 16.5 Å². The summed E-state index contributed by atoms with van der Waals surface area (Å²) in [5.41, 5.74) is 6.74. The van der Waals surface area contributed by atoms with Crippen molar-refractivity contribution in [1.82, 2.24) is 9.88 Å². The van der Waals surface area contributed by atoms with Crippen molar-refractivity contribution in [2.45, 2.75) is 32.1 Å². The maximum atomic E-state index is 12.6. The minimum atomic E-state index is 0.0410. The van der Waals surface area contributed by atoms with E-state index >= 15 is 0 Å². The highest BCUT2D eigenvalue weighted by atomic mass is 32.1. The number of thiophene rings is 1. The van der Waals surface area contributed by atoms with Crippen LogP contribution in [-0.2, 0) is 0 Å². The van der Waals surface area contributed by atoms with Crippen LogP contribution in [0.15, 0.2) is 18.5 Å². The Bertz CT molecular complexity index is 646. The van der Waals surface area contributed by atoms with Gasteiger partial charge in [0.15, 0.2) is 0 Å². The molecule has 0 bridgehead atoms. The van der Waals surface area contributed by atoms with E-state index < -0.39 is 0 Å². The zero-order valence-electron chi connectivity index (χ0n) is 12.3. The number of nitrogens with two attached hydrogens (primary N) is 1. The Kier molecular flexibility index (Phi) is 4.10. The lowest BCUT2D eigenvalue weighted by molar-refractivity contribution is 0.0766. The molecule has 5 heteroatoms. The molecular weight excluding hydrogens is 282 g/mol. The fourth-order valence-electron chi connectivity index (χ4n) is 3.14. The molecule has 1 saturated carbocycles. The van der Waals surface area contributed by atoms with E-state index in [-0.39, 0.29) is 5.91 Å². The van der Waals surface area contributed by atoms with E-state index in [4.69, 9.17) is 5.73 Å². The van der Waals surface area contributed by atoms with Crippen LogP contribution in [0.25, 0.3) is 10.1 Å². The minimum absolute atomic E-state index is 0.0410. The van der Waals surface area contributed by atoms with E-state index in [1.807, 2.05) is 18.0 Å². The van der Waals surface area contributed by atoms with Gasteiger partial charge in [-0.1, -0.05) is 19.3 Å². The van der Waals surface area contributed by atoms with E-state index in [1.54, 1.807) is 12.4 Å². The van der Waals surface area contributed by atoms with Crippen molar-refractivity contribution < 1.29 is 4.79 Å². The SMILES string of the molecule is CN(CC1CCCCC1)C(=O)c1sc2cnccc2c1N. The molecule has 1 aliphatic rings. The Morgan fingerprint density at radius 2 is 2.19 bits per heavy atom. The smallest absolute Gasteiger partial charge is 0.265 e. The highest BCUT2D eigenvalue weighted by Gasteiger charge is 2.23. The summed E-state index contributed by atoms with van der Waals surface area (Å²) in [6.45, 7) is 0.838. The lowest BCUT2D eigenvalue weighted by Crippen LogP contribution is -2.32. The van der Waals surface area contributed by atoms with Gasteiger partial charge < -0.3 is 10.6 Å². The summed E-state index contributed by atoms with van der Waals surface area (Å²) < 4.78 is 0.976. The van der Waals surface area contributed by atoms with Gasteiger partial charge in [0, 0.05) is 31.4 Å². The Balaban J connectivity index is 1.77. The second kappa shape index (κ2) is 6.02. The number of nitrogen functional groups attached to an aromatic ring is 1. The standard InChI is InChI=1S/C16H21N3OS/c1-19(10-11-5-3-2-4-6-11)16(20)15-14(17)12-7-8-18-9-13(12)21-15/h7-9,11H,2-6,10,17H2,1H3. The quantitative estimate of drug-likeness (QED) is 0.943. The van der Waals surface area contributed by atoms with E-state index in [1.165, 1.54) is 43.4 Å². The summed E-state index contributed by atoms with van der Waals surface area (Å²) >= 11 is 1.44. The predicted molar refractivity (Wildman–Crippen MR) is 87.6 cm³/mol. The molecule has 1 amide bonds. The topological polar surface area (TPSA) is 59.2 Å². The van der Waals surface area contributed by atoms with E-state index in [0.717, 1.165) is 16.6 Å². The molecule has 0 aromatic carbocycles. The number of nitrogens with zero attached hydrogens (tertiary/aromatic N) is 2. The average Bonchev–Trinajstić information content (AvgIpc) is 2.85. The van der Waals surface area contributed by atoms with Gasteiger partial charge in [0.25, 0.3) is 5.91 Å². The molecule has 0 radical (unpaired) electrons. The number of fused-ring (bicyclic) bond motifs is 1. The molecule has 21 heavy (non-hydrogen) atoms. The van der Waals surface area contributed by atoms with Crippen molar-refractivity contribution in [1.29, 1.82) is 0 Å². The normalized spacial score (nSPS) is 16.2. The number of aromatic nitrogens is 1. The molecule has 1 fully saturated rings. The first-order valence-electron chi connectivity index (χ1n) is 7.54. The molecule has 3 rings (SSSR count). The average molecular weight is 303 g/mol. The van der Waals surface area contributed by atoms with Gasteiger partial charge in [0.2, 0.25) is 0 Å². The van der Waals surface area contributed by atoms with Crippen LogP contribution >= 0.6 is 11.3 Å². The molecule has 0 unspecified atom stereocenters. The number of hydrogen-bond acceptors (Lipinski definition) is 4. The van der Waals surface area contributed by atoms with Crippen molar-refractivity contribution in [2.75, 3.05) is 19.3 Å². The van der Waals surface area contributed by atoms with Crippen molar-refractivity contribution in [3.05, 3.63) is 23.3 Å². The minimum Gasteiger partial charge on any atom is -0.397 e. The maximum Gasteiger partial charge on any atom is 0.265 e. The Morgan fingerprint density at radius 1 is 1.43 bits per heavy atom. The molecule has 112 valence electrons. The third kappa shape index (κ3) is 2.88. The molecule has 2 heterocycles. The third-order valence-electron chi connectivity index (χ3n) is 4.33. The fourth-order valence-corrected chi connectivity index (χ4v) is 4.23. The number of carbonyl (C=O) groups is 1. The molecule has 0 saturated heterocycles. The van der Waals surface area contributed by atoms with Gasteiger partial charge in [0.1, 0.15) is 4.88 Å². The number of anilines is 1. The lowest BCUT2D eigenvalue weighted by atomic mass is 9.89. The fraction of sp³-hybridized carbons (Fsp3) is 0.500. The second-order valence-corrected chi connectivity index (χ2v) is 6.96. The van der Waals surface area contributed by atoms with Gasteiger partial charge in [-0.2, -0.15) is 0 Å². The first-order valence-corrected chi connectivity index (χ1v) is 8.36. The van der Waals surface area contributed by atoms with Crippen LogP contribution in [0, 0.1) is 5.92 Å². The Hall–Kier alpha value is -1.62. The zero-order chi connectivity index (χ0) is 14.8. The van der Waals surface area contributed by atoms with E-state index in [9.17, 15) is 4.79 Å². The Labute approximate surface area is 129 Å². The first kappa shape index (κ1) is 14.3. The summed E-state index contributed by atoms with van der Waals surface area (Å²) in [4.78, 5) is 19.2. The van der Waals surface area contributed by atoms with Crippen LogP contribution in [0.4, 0.5) is 5.69 Å². The van der Waals surface area contributed by atoms with Crippen LogP contribution < -0.4 is 5.73 Å². The number of carbonyl (C=O) groups excluding carboxylic acids is 1. The summed E-state index contributed by atoms with van der Waals surface area (Å²) in [6, 6.07) is 1.87. The summed E-state index contributed by atoms with van der Waals surface area (Å²) in [5.74, 6) is 0.684. The predicted octanol–water partition coefficient (Wildman–Crippen LogP) is 3.53. The molecule has 2 N–H and O–H groups in total. The molecule has 0 spiro atoms. The Morgan fingerprint density at radius 3 is 2.90 bits per heavy atom.